The van der Waals surface area contributed by atoms with Gasteiger partial charge < -0.3 is 15.0 Å². The van der Waals surface area contributed by atoms with Crippen molar-refractivity contribution in [2.45, 2.75) is 31.6 Å². The van der Waals surface area contributed by atoms with Crippen molar-refractivity contribution in [2.24, 2.45) is 16.8 Å². The Balaban J connectivity index is 1.39. The number of hydrogen-bond donors (Lipinski definition) is 1. The number of hydrogen-bond acceptors (Lipinski definition) is 3. The number of halogens is 1. The molecule has 3 aliphatic heterocycles. The molecular formula is C15H20BrN3OS. The maximum absolute atomic E-state index is 6.04. The van der Waals surface area contributed by atoms with Crippen LogP contribution in [0.4, 0.5) is 0 Å². The van der Waals surface area contributed by atoms with Crippen LogP contribution in [0.3, 0.4) is 0 Å². The SMILES string of the molecule is CN=C(NCc1ccc(Br)s1)N1CC2C3CCC(O3)C2C1. The third-order valence-corrected chi connectivity index (χ3v) is 6.64. The molecule has 3 fully saturated rings. The average molecular weight is 370 g/mol. The lowest BCUT2D eigenvalue weighted by Gasteiger charge is -2.23. The van der Waals surface area contributed by atoms with Gasteiger partial charge >= 0.3 is 0 Å². The van der Waals surface area contributed by atoms with Crippen LogP contribution in [-0.4, -0.2) is 43.2 Å². The summed E-state index contributed by atoms with van der Waals surface area (Å²) in [5.41, 5.74) is 0. The van der Waals surface area contributed by atoms with Crippen LogP contribution < -0.4 is 5.32 Å². The first-order valence-electron chi connectivity index (χ1n) is 7.60. The Morgan fingerprint density at radius 2 is 2.10 bits per heavy atom. The Bertz CT molecular complexity index is 543. The molecule has 1 N–H and O–H groups in total. The van der Waals surface area contributed by atoms with Crippen LogP contribution in [0.15, 0.2) is 20.9 Å². The molecule has 114 valence electrons. The monoisotopic (exact) mass is 369 g/mol. The third-order valence-electron chi connectivity index (χ3n) is 5.01. The second kappa shape index (κ2) is 5.56. The smallest absolute Gasteiger partial charge is 0.193 e. The van der Waals surface area contributed by atoms with E-state index in [2.05, 4.69) is 43.3 Å². The predicted molar refractivity (Wildman–Crippen MR) is 88.7 cm³/mol. The van der Waals surface area contributed by atoms with E-state index in [9.17, 15) is 0 Å². The predicted octanol–water partition coefficient (Wildman–Crippen LogP) is 2.70. The lowest BCUT2D eigenvalue weighted by molar-refractivity contribution is 0.0767. The molecule has 3 aliphatic rings. The molecule has 0 aromatic carbocycles. The summed E-state index contributed by atoms with van der Waals surface area (Å²) in [5, 5.41) is 3.51. The van der Waals surface area contributed by atoms with Crippen molar-refractivity contribution in [3.05, 3.63) is 20.8 Å². The number of fused-ring (bicyclic) bond motifs is 5. The molecule has 4 heterocycles. The first kappa shape index (κ1) is 14.0. The van der Waals surface area contributed by atoms with Gasteiger partial charge in [0.05, 0.1) is 22.5 Å². The highest BCUT2D eigenvalue weighted by molar-refractivity contribution is 9.11. The summed E-state index contributed by atoms with van der Waals surface area (Å²) in [6.45, 7) is 3.04. The first-order valence-corrected chi connectivity index (χ1v) is 9.21. The molecule has 0 radical (unpaired) electrons. The Hall–Kier alpha value is -0.590. The van der Waals surface area contributed by atoms with Gasteiger partial charge in [-0.15, -0.1) is 11.3 Å². The van der Waals surface area contributed by atoms with Crippen molar-refractivity contribution < 1.29 is 4.74 Å². The van der Waals surface area contributed by atoms with Crippen molar-refractivity contribution >= 4 is 33.2 Å². The number of aliphatic imine (C=N–C) groups is 1. The minimum Gasteiger partial charge on any atom is -0.374 e. The molecule has 2 bridgehead atoms. The van der Waals surface area contributed by atoms with Crippen LogP contribution in [0.2, 0.25) is 0 Å². The van der Waals surface area contributed by atoms with E-state index in [-0.39, 0.29) is 0 Å². The second-order valence-electron chi connectivity index (χ2n) is 6.13. The maximum Gasteiger partial charge on any atom is 0.193 e. The summed E-state index contributed by atoms with van der Waals surface area (Å²) < 4.78 is 7.22. The Morgan fingerprint density at radius 1 is 1.38 bits per heavy atom. The number of ether oxygens (including phenoxy) is 1. The summed E-state index contributed by atoms with van der Waals surface area (Å²) in [7, 11) is 1.88. The minimum absolute atomic E-state index is 0.511. The van der Waals surface area contributed by atoms with Gasteiger partial charge in [0, 0.05) is 36.9 Å². The highest BCUT2D eigenvalue weighted by Crippen LogP contribution is 2.47. The molecular weight excluding hydrogens is 350 g/mol. The van der Waals surface area contributed by atoms with Gasteiger partial charge in [-0.25, -0.2) is 0 Å². The fourth-order valence-electron chi connectivity index (χ4n) is 4.08. The van der Waals surface area contributed by atoms with E-state index in [1.165, 1.54) is 21.5 Å². The summed E-state index contributed by atoms with van der Waals surface area (Å²) >= 11 is 5.28. The number of rotatable bonds is 2. The lowest BCUT2D eigenvalue weighted by atomic mass is 9.82. The Kier molecular flexibility index (Phi) is 3.71. The zero-order valence-corrected chi connectivity index (χ0v) is 14.5. The molecule has 4 atom stereocenters. The normalized spacial score (nSPS) is 34.6. The topological polar surface area (TPSA) is 36.9 Å². The summed E-state index contributed by atoms with van der Waals surface area (Å²) in [4.78, 5) is 8.22. The van der Waals surface area contributed by atoms with Crippen molar-refractivity contribution in [1.29, 1.82) is 0 Å². The van der Waals surface area contributed by atoms with E-state index in [4.69, 9.17) is 4.74 Å². The maximum atomic E-state index is 6.04. The van der Waals surface area contributed by atoms with Crippen LogP contribution in [0, 0.1) is 11.8 Å². The van der Waals surface area contributed by atoms with E-state index in [1.807, 2.05) is 7.05 Å². The van der Waals surface area contributed by atoms with Crippen LogP contribution in [-0.2, 0) is 11.3 Å². The fourth-order valence-corrected chi connectivity index (χ4v) is 5.50. The van der Waals surface area contributed by atoms with Gasteiger partial charge in [-0.2, -0.15) is 0 Å². The fraction of sp³-hybridized carbons (Fsp3) is 0.667. The molecule has 0 aliphatic carbocycles. The second-order valence-corrected chi connectivity index (χ2v) is 8.68. The molecule has 4 unspecified atom stereocenters. The standard InChI is InChI=1S/C15H20BrN3OS/c1-17-15(18-6-9-2-5-14(16)21-9)19-7-10-11(8-19)13-4-3-12(10)20-13/h2,5,10-13H,3-4,6-8H2,1H3,(H,17,18). The van der Waals surface area contributed by atoms with Gasteiger partial charge in [0.2, 0.25) is 0 Å². The van der Waals surface area contributed by atoms with Crippen LogP contribution in [0.25, 0.3) is 0 Å². The highest BCUT2D eigenvalue weighted by atomic mass is 79.9. The largest absolute Gasteiger partial charge is 0.374 e. The van der Waals surface area contributed by atoms with Crippen LogP contribution in [0.5, 0.6) is 0 Å². The Morgan fingerprint density at radius 3 is 2.67 bits per heavy atom. The molecule has 4 rings (SSSR count). The molecule has 6 heteroatoms. The van der Waals surface area contributed by atoms with E-state index in [0.29, 0.717) is 12.2 Å². The summed E-state index contributed by atoms with van der Waals surface area (Å²) in [6.07, 6.45) is 3.54. The van der Waals surface area contributed by atoms with Crippen LogP contribution in [0.1, 0.15) is 17.7 Å². The molecule has 21 heavy (non-hydrogen) atoms. The van der Waals surface area contributed by atoms with Gasteiger partial charge in [0.15, 0.2) is 5.96 Å². The average Bonchev–Trinajstić information content (AvgIpc) is 3.20. The number of likely N-dealkylation sites (tertiary alicyclic amines) is 1. The number of thiophene rings is 1. The highest BCUT2D eigenvalue weighted by Gasteiger charge is 2.53. The third kappa shape index (κ3) is 2.51. The van der Waals surface area contributed by atoms with E-state index in [1.54, 1.807) is 11.3 Å². The van der Waals surface area contributed by atoms with Gasteiger partial charge in [-0.05, 0) is 40.9 Å². The van der Waals surface area contributed by atoms with Gasteiger partial charge in [0.1, 0.15) is 0 Å². The van der Waals surface area contributed by atoms with Gasteiger partial charge in [0.25, 0.3) is 0 Å². The molecule has 0 spiro atoms. The molecule has 3 saturated heterocycles. The zero-order chi connectivity index (χ0) is 14.4. The number of guanidine groups is 1. The van der Waals surface area contributed by atoms with Crippen molar-refractivity contribution in [3.8, 4) is 0 Å². The van der Waals surface area contributed by atoms with Crippen molar-refractivity contribution in [3.63, 3.8) is 0 Å². The van der Waals surface area contributed by atoms with E-state index >= 15 is 0 Å². The lowest BCUT2D eigenvalue weighted by Crippen LogP contribution is -2.40. The summed E-state index contributed by atoms with van der Waals surface area (Å²) in [5.74, 6) is 2.48. The number of nitrogens with one attached hydrogen (secondary N) is 1. The molecule has 0 amide bonds. The van der Waals surface area contributed by atoms with E-state index in [0.717, 1.165) is 37.4 Å². The van der Waals surface area contributed by atoms with E-state index < -0.39 is 0 Å². The van der Waals surface area contributed by atoms with Gasteiger partial charge in [-0.1, -0.05) is 0 Å². The molecule has 0 saturated carbocycles. The quantitative estimate of drug-likeness (QED) is 0.643. The Labute approximate surface area is 137 Å². The van der Waals surface area contributed by atoms with Crippen molar-refractivity contribution in [1.82, 2.24) is 10.2 Å². The first-order chi connectivity index (χ1) is 10.2. The van der Waals surface area contributed by atoms with Gasteiger partial charge in [-0.3, -0.25) is 4.99 Å². The zero-order valence-electron chi connectivity index (χ0n) is 12.1. The molecule has 1 aromatic rings. The number of nitrogens with zero attached hydrogens (tertiary/aromatic N) is 2. The van der Waals surface area contributed by atoms with Crippen molar-refractivity contribution in [2.75, 3.05) is 20.1 Å². The molecule has 1 aromatic heterocycles. The molecule has 4 nitrogen and oxygen atoms in total. The van der Waals surface area contributed by atoms with Crippen LogP contribution >= 0.6 is 27.3 Å². The summed E-state index contributed by atoms with van der Waals surface area (Å²) in [6, 6.07) is 4.25. The minimum atomic E-state index is 0.511.